The molecule has 8 heteroatoms. The van der Waals surface area contributed by atoms with Crippen LogP contribution in [-0.4, -0.2) is 72.5 Å². The molecule has 0 saturated carbocycles. The summed E-state index contributed by atoms with van der Waals surface area (Å²) in [6.45, 7) is 11.3. The lowest BCUT2D eigenvalue weighted by atomic mass is 9.97. The molecule has 3 rings (SSSR count). The first kappa shape index (κ1) is 21.6. The molecular weight excluding hydrogens is 368 g/mol. The van der Waals surface area contributed by atoms with Crippen molar-refractivity contribution in [3.05, 3.63) is 17.3 Å². The number of rotatable bonds is 6. The number of aryl methyl sites for hydroxylation is 2. The Bertz CT molecular complexity index is 689. The van der Waals surface area contributed by atoms with E-state index in [1.165, 1.54) is 0 Å². The number of carbonyl (C=O) groups excluding carboxylic acids is 1. The summed E-state index contributed by atoms with van der Waals surface area (Å²) in [5, 5.41) is 6.96. The highest BCUT2D eigenvalue weighted by Crippen LogP contribution is 2.19. The summed E-state index contributed by atoms with van der Waals surface area (Å²) in [7, 11) is 1.81. The lowest BCUT2D eigenvalue weighted by Gasteiger charge is -2.31. The van der Waals surface area contributed by atoms with Gasteiger partial charge in [0.1, 0.15) is 5.76 Å². The van der Waals surface area contributed by atoms with Gasteiger partial charge in [0.25, 0.3) is 0 Å². The highest BCUT2D eigenvalue weighted by Gasteiger charge is 2.26. The minimum absolute atomic E-state index is 0.235. The van der Waals surface area contributed by atoms with Crippen LogP contribution in [0, 0.1) is 19.8 Å². The Hall–Kier alpha value is -2.09. The van der Waals surface area contributed by atoms with Gasteiger partial charge < -0.3 is 20.0 Å². The molecule has 2 aliphatic heterocycles. The number of oxazole rings is 1. The first-order chi connectivity index (χ1) is 14.0. The first-order valence-electron chi connectivity index (χ1n) is 10.9. The minimum Gasteiger partial charge on any atom is -0.444 e. The molecule has 1 aromatic heterocycles. The molecular formula is C21H36N6O2. The highest BCUT2D eigenvalue weighted by molar-refractivity contribution is 5.80. The topological polar surface area (TPSA) is 86.0 Å². The highest BCUT2D eigenvalue weighted by atomic mass is 16.4. The fraction of sp³-hybridized carbons (Fsp3) is 0.762. The molecule has 2 aliphatic rings. The fourth-order valence-electron chi connectivity index (χ4n) is 4.10. The van der Waals surface area contributed by atoms with Gasteiger partial charge in [-0.15, -0.1) is 0 Å². The lowest BCUT2D eigenvalue weighted by Crippen LogP contribution is -2.47. The van der Waals surface area contributed by atoms with Gasteiger partial charge in [0.05, 0.1) is 12.2 Å². The summed E-state index contributed by atoms with van der Waals surface area (Å²) in [6, 6.07) is 0.284. The molecule has 29 heavy (non-hydrogen) atoms. The van der Waals surface area contributed by atoms with Crippen molar-refractivity contribution in [2.75, 3.05) is 39.8 Å². The van der Waals surface area contributed by atoms with E-state index in [0.29, 0.717) is 12.3 Å². The number of guanidine groups is 1. The van der Waals surface area contributed by atoms with Crippen LogP contribution in [0.5, 0.6) is 0 Å². The zero-order chi connectivity index (χ0) is 20.8. The van der Waals surface area contributed by atoms with Crippen molar-refractivity contribution in [2.24, 2.45) is 10.9 Å². The Kier molecular flexibility index (Phi) is 7.52. The summed E-state index contributed by atoms with van der Waals surface area (Å²) in [5.74, 6) is 3.46. The van der Waals surface area contributed by atoms with E-state index in [1.807, 2.05) is 32.7 Å². The van der Waals surface area contributed by atoms with Gasteiger partial charge in [0, 0.05) is 39.1 Å². The van der Waals surface area contributed by atoms with E-state index in [1.54, 1.807) is 0 Å². The lowest BCUT2D eigenvalue weighted by molar-refractivity contribution is -0.129. The normalized spacial score (nSPS) is 21.6. The summed E-state index contributed by atoms with van der Waals surface area (Å²) >= 11 is 0. The molecule has 0 spiro atoms. The molecule has 8 nitrogen and oxygen atoms in total. The number of aromatic nitrogens is 1. The molecule has 2 saturated heterocycles. The van der Waals surface area contributed by atoms with Gasteiger partial charge >= 0.3 is 0 Å². The number of aliphatic imine (C=N–C) groups is 1. The Morgan fingerprint density at radius 2 is 2.00 bits per heavy atom. The van der Waals surface area contributed by atoms with Crippen molar-refractivity contribution in [1.29, 1.82) is 0 Å². The van der Waals surface area contributed by atoms with E-state index in [2.05, 4.69) is 25.5 Å². The van der Waals surface area contributed by atoms with Crippen LogP contribution in [0.2, 0.25) is 0 Å². The Morgan fingerprint density at radius 3 is 2.62 bits per heavy atom. The smallest absolute Gasteiger partial charge is 0.222 e. The summed E-state index contributed by atoms with van der Waals surface area (Å²) in [5.41, 5.74) is 0.988. The molecule has 0 aliphatic carbocycles. The molecule has 1 amide bonds. The quantitative estimate of drug-likeness (QED) is 0.554. The number of hydrogen-bond acceptors (Lipinski definition) is 5. The van der Waals surface area contributed by atoms with E-state index in [9.17, 15) is 4.79 Å². The molecule has 3 heterocycles. The second-order valence-corrected chi connectivity index (χ2v) is 8.25. The molecule has 2 fully saturated rings. The summed E-state index contributed by atoms with van der Waals surface area (Å²) < 4.78 is 5.72. The maximum absolute atomic E-state index is 11.8. The van der Waals surface area contributed by atoms with Gasteiger partial charge in [-0.05, 0) is 52.1 Å². The average Bonchev–Trinajstić information content (AvgIpc) is 3.31. The summed E-state index contributed by atoms with van der Waals surface area (Å²) in [4.78, 5) is 25.1. The van der Waals surface area contributed by atoms with Crippen molar-refractivity contribution >= 4 is 11.9 Å². The van der Waals surface area contributed by atoms with Crippen molar-refractivity contribution in [1.82, 2.24) is 25.4 Å². The molecule has 1 atom stereocenters. The third-order valence-corrected chi connectivity index (χ3v) is 6.10. The van der Waals surface area contributed by atoms with E-state index >= 15 is 0 Å². The van der Waals surface area contributed by atoms with Crippen LogP contribution < -0.4 is 10.6 Å². The van der Waals surface area contributed by atoms with Crippen LogP contribution in [0.3, 0.4) is 0 Å². The fourth-order valence-corrected chi connectivity index (χ4v) is 4.10. The van der Waals surface area contributed by atoms with Crippen molar-refractivity contribution in [3.8, 4) is 0 Å². The zero-order valence-electron chi connectivity index (χ0n) is 18.3. The SMILES string of the molecule is CCC(=O)N1CCC(NC(=NC)NCC2CCN(Cc3nc(C)c(C)o3)CC2)C1. The predicted molar refractivity (Wildman–Crippen MR) is 114 cm³/mol. The number of amides is 1. The number of nitrogens with one attached hydrogen (secondary N) is 2. The second kappa shape index (κ2) is 10.1. The van der Waals surface area contributed by atoms with Gasteiger partial charge in [0.2, 0.25) is 11.8 Å². The number of likely N-dealkylation sites (tertiary alicyclic amines) is 2. The van der Waals surface area contributed by atoms with Crippen molar-refractivity contribution < 1.29 is 9.21 Å². The average molecular weight is 405 g/mol. The third kappa shape index (κ3) is 5.95. The Balaban J connectivity index is 1.36. The van der Waals surface area contributed by atoms with Gasteiger partial charge in [-0.2, -0.15) is 0 Å². The van der Waals surface area contributed by atoms with Crippen molar-refractivity contribution in [3.63, 3.8) is 0 Å². The minimum atomic E-state index is 0.235. The van der Waals surface area contributed by atoms with Crippen LogP contribution in [0.4, 0.5) is 0 Å². The standard InChI is InChI=1S/C21H36N6O2/c1-5-20(28)27-11-8-18(13-27)25-21(22-4)23-12-17-6-9-26(10-7-17)14-19-24-15(2)16(3)29-19/h17-18H,5-14H2,1-4H3,(H2,22,23,25). The van der Waals surface area contributed by atoms with Gasteiger partial charge in [-0.1, -0.05) is 6.92 Å². The molecule has 0 aromatic carbocycles. The molecule has 1 unspecified atom stereocenters. The Labute approximate surface area is 174 Å². The number of hydrogen-bond donors (Lipinski definition) is 2. The second-order valence-electron chi connectivity index (χ2n) is 8.25. The van der Waals surface area contributed by atoms with E-state index in [-0.39, 0.29) is 11.9 Å². The van der Waals surface area contributed by atoms with E-state index in [0.717, 1.165) is 81.8 Å². The van der Waals surface area contributed by atoms with Crippen molar-refractivity contribution in [2.45, 2.75) is 59.0 Å². The maximum atomic E-state index is 11.8. The van der Waals surface area contributed by atoms with Crippen LogP contribution in [0.15, 0.2) is 9.41 Å². The number of carbonyl (C=O) groups is 1. The van der Waals surface area contributed by atoms with E-state index < -0.39 is 0 Å². The van der Waals surface area contributed by atoms with Crippen LogP contribution in [0.1, 0.15) is 50.0 Å². The largest absolute Gasteiger partial charge is 0.444 e. The third-order valence-electron chi connectivity index (χ3n) is 6.10. The Morgan fingerprint density at radius 1 is 1.24 bits per heavy atom. The van der Waals surface area contributed by atoms with Crippen LogP contribution in [-0.2, 0) is 11.3 Å². The number of nitrogens with zero attached hydrogens (tertiary/aromatic N) is 4. The number of piperidine rings is 1. The maximum Gasteiger partial charge on any atom is 0.222 e. The first-order valence-corrected chi connectivity index (χ1v) is 10.9. The van der Waals surface area contributed by atoms with Gasteiger partial charge in [-0.25, -0.2) is 4.98 Å². The predicted octanol–water partition coefficient (Wildman–Crippen LogP) is 1.68. The molecule has 162 valence electrons. The molecule has 0 bridgehead atoms. The van der Waals surface area contributed by atoms with E-state index in [4.69, 9.17) is 4.42 Å². The molecule has 1 aromatic rings. The van der Waals surface area contributed by atoms with Crippen LogP contribution >= 0.6 is 0 Å². The van der Waals surface area contributed by atoms with Gasteiger partial charge in [-0.3, -0.25) is 14.7 Å². The molecule has 0 radical (unpaired) electrons. The van der Waals surface area contributed by atoms with Gasteiger partial charge in [0.15, 0.2) is 5.96 Å². The van der Waals surface area contributed by atoms with Crippen LogP contribution in [0.25, 0.3) is 0 Å². The molecule has 2 N–H and O–H groups in total. The summed E-state index contributed by atoms with van der Waals surface area (Å²) in [6.07, 6.45) is 3.87. The monoisotopic (exact) mass is 404 g/mol. The zero-order valence-corrected chi connectivity index (χ0v) is 18.3.